The summed E-state index contributed by atoms with van der Waals surface area (Å²) < 4.78 is 0. The molecule has 0 atom stereocenters. The van der Waals surface area contributed by atoms with Gasteiger partial charge in [0, 0.05) is 37.3 Å². The van der Waals surface area contributed by atoms with Gasteiger partial charge in [0.1, 0.15) is 5.71 Å². The zero-order valence-electron chi connectivity index (χ0n) is 16.6. The molecule has 2 aromatic carbocycles. The van der Waals surface area contributed by atoms with Gasteiger partial charge in [-0.15, -0.1) is 0 Å². The number of carbonyl (C=O) groups is 2. The lowest BCUT2D eigenvalue weighted by atomic mass is 10.1. The predicted octanol–water partition coefficient (Wildman–Crippen LogP) is 3.96. The molecule has 0 saturated carbocycles. The monoisotopic (exact) mass is 378 g/mol. The van der Waals surface area contributed by atoms with Crippen molar-refractivity contribution in [3.8, 4) is 0 Å². The molecule has 3 rings (SSSR count). The number of benzene rings is 2. The highest BCUT2D eigenvalue weighted by Crippen LogP contribution is 2.22. The summed E-state index contributed by atoms with van der Waals surface area (Å²) in [5.41, 5.74) is 3.96. The number of carbonyl (C=O) groups excluding carboxylic acids is 2. The highest BCUT2D eigenvalue weighted by atomic mass is 16.2. The summed E-state index contributed by atoms with van der Waals surface area (Å²) in [6, 6.07) is 15.3. The van der Waals surface area contributed by atoms with Crippen molar-refractivity contribution in [2.24, 2.45) is 5.10 Å². The Morgan fingerprint density at radius 1 is 1.04 bits per heavy atom. The molecule has 0 unspecified atom stereocenters. The maximum absolute atomic E-state index is 12.6. The minimum atomic E-state index is -0.278. The van der Waals surface area contributed by atoms with E-state index in [-0.39, 0.29) is 18.2 Å². The van der Waals surface area contributed by atoms with Crippen molar-refractivity contribution in [1.82, 2.24) is 0 Å². The summed E-state index contributed by atoms with van der Waals surface area (Å²) in [5, 5.41) is 8.52. The van der Waals surface area contributed by atoms with Crippen molar-refractivity contribution in [3.63, 3.8) is 0 Å². The van der Waals surface area contributed by atoms with Crippen molar-refractivity contribution in [3.05, 3.63) is 54.1 Å². The Bertz CT molecular complexity index is 868. The van der Waals surface area contributed by atoms with Gasteiger partial charge in [0.05, 0.1) is 5.69 Å². The van der Waals surface area contributed by atoms with Gasteiger partial charge in [0.2, 0.25) is 5.91 Å². The molecule has 146 valence electrons. The van der Waals surface area contributed by atoms with Crippen LogP contribution < -0.4 is 15.2 Å². The molecule has 1 aliphatic heterocycles. The van der Waals surface area contributed by atoms with Crippen LogP contribution in [0.5, 0.6) is 0 Å². The van der Waals surface area contributed by atoms with E-state index in [1.807, 2.05) is 55.5 Å². The minimum absolute atomic E-state index is 0.107. The quantitative estimate of drug-likeness (QED) is 0.827. The number of nitrogens with zero attached hydrogens (tertiary/aromatic N) is 3. The van der Waals surface area contributed by atoms with E-state index in [9.17, 15) is 9.59 Å². The number of aryl methyl sites for hydroxylation is 1. The molecule has 0 aromatic heterocycles. The zero-order chi connectivity index (χ0) is 20.1. The van der Waals surface area contributed by atoms with Gasteiger partial charge in [-0.05, 0) is 57.2 Å². The SMILES string of the molecule is CCN(CC)c1ccc(NC(=O)C2=NN(c3ccc(C)cc3)C(=O)CC2)cc1. The molecule has 28 heavy (non-hydrogen) atoms. The van der Waals surface area contributed by atoms with E-state index in [1.165, 1.54) is 5.01 Å². The Hall–Kier alpha value is -3.15. The Balaban J connectivity index is 1.73. The Labute approximate surface area is 165 Å². The molecule has 1 aliphatic rings. The highest BCUT2D eigenvalue weighted by Gasteiger charge is 2.25. The number of hydrogen-bond acceptors (Lipinski definition) is 4. The van der Waals surface area contributed by atoms with Gasteiger partial charge in [0.15, 0.2) is 0 Å². The van der Waals surface area contributed by atoms with Crippen LogP contribution in [0.3, 0.4) is 0 Å². The average Bonchev–Trinajstić information content (AvgIpc) is 2.71. The topological polar surface area (TPSA) is 65.0 Å². The van der Waals surface area contributed by atoms with E-state index in [4.69, 9.17) is 0 Å². The lowest BCUT2D eigenvalue weighted by Gasteiger charge is -2.23. The van der Waals surface area contributed by atoms with Gasteiger partial charge in [0.25, 0.3) is 5.91 Å². The van der Waals surface area contributed by atoms with E-state index >= 15 is 0 Å². The smallest absolute Gasteiger partial charge is 0.271 e. The second-order valence-corrected chi connectivity index (χ2v) is 6.76. The summed E-state index contributed by atoms with van der Waals surface area (Å²) >= 11 is 0. The number of hydrazone groups is 1. The largest absolute Gasteiger partial charge is 0.372 e. The van der Waals surface area contributed by atoms with Crippen molar-refractivity contribution in [1.29, 1.82) is 0 Å². The van der Waals surface area contributed by atoms with Crippen molar-refractivity contribution in [2.45, 2.75) is 33.6 Å². The van der Waals surface area contributed by atoms with Gasteiger partial charge >= 0.3 is 0 Å². The van der Waals surface area contributed by atoms with Crippen molar-refractivity contribution < 1.29 is 9.59 Å². The third-order valence-corrected chi connectivity index (χ3v) is 4.83. The molecule has 6 heteroatoms. The summed E-state index contributed by atoms with van der Waals surface area (Å²) in [4.78, 5) is 27.1. The van der Waals surface area contributed by atoms with Crippen LogP contribution in [0.1, 0.15) is 32.3 Å². The van der Waals surface area contributed by atoms with Crippen molar-refractivity contribution in [2.75, 3.05) is 28.3 Å². The standard InChI is InChI=1S/C22H26N4O2/c1-4-25(5-2)18-12-8-17(9-13-18)23-22(28)20-14-15-21(27)26(24-20)19-10-6-16(3)7-11-19/h6-13H,4-5,14-15H2,1-3H3,(H,23,28). The fraction of sp³-hybridized carbons (Fsp3) is 0.318. The molecule has 2 amide bonds. The number of hydrogen-bond donors (Lipinski definition) is 1. The lowest BCUT2D eigenvalue weighted by Crippen LogP contribution is -2.36. The molecule has 0 saturated heterocycles. The third kappa shape index (κ3) is 4.39. The summed E-state index contributed by atoms with van der Waals surface area (Å²) in [7, 11) is 0. The predicted molar refractivity (Wildman–Crippen MR) is 114 cm³/mol. The Kier molecular flexibility index (Phi) is 6.09. The molecule has 2 aromatic rings. The van der Waals surface area contributed by atoms with Crippen LogP contribution in [0.2, 0.25) is 0 Å². The molecule has 0 aliphatic carbocycles. The average molecular weight is 378 g/mol. The maximum atomic E-state index is 12.6. The first kappa shape index (κ1) is 19.6. The molecule has 6 nitrogen and oxygen atoms in total. The molecular formula is C22H26N4O2. The summed E-state index contributed by atoms with van der Waals surface area (Å²) in [6.07, 6.45) is 0.603. The zero-order valence-corrected chi connectivity index (χ0v) is 16.6. The van der Waals surface area contributed by atoms with Crippen LogP contribution in [0.25, 0.3) is 0 Å². The van der Waals surface area contributed by atoms with Gasteiger partial charge < -0.3 is 10.2 Å². The Morgan fingerprint density at radius 3 is 2.29 bits per heavy atom. The molecular weight excluding hydrogens is 352 g/mol. The number of rotatable bonds is 6. The highest BCUT2D eigenvalue weighted by molar-refractivity contribution is 6.44. The number of anilines is 3. The van der Waals surface area contributed by atoms with Crippen LogP contribution in [0.4, 0.5) is 17.1 Å². The fourth-order valence-corrected chi connectivity index (χ4v) is 3.15. The van der Waals surface area contributed by atoms with Crippen LogP contribution in [-0.4, -0.2) is 30.6 Å². The number of amides is 2. The second kappa shape index (κ2) is 8.69. The lowest BCUT2D eigenvalue weighted by molar-refractivity contribution is -0.118. The van der Waals surface area contributed by atoms with Gasteiger partial charge in [-0.3, -0.25) is 9.59 Å². The van der Waals surface area contributed by atoms with Crippen LogP contribution >= 0.6 is 0 Å². The van der Waals surface area contributed by atoms with Gasteiger partial charge in [-0.1, -0.05) is 17.7 Å². The minimum Gasteiger partial charge on any atom is -0.372 e. The maximum Gasteiger partial charge on any atom is 0.271 e. The van der Waals surface area contributed by atoms with Crippen LogP contribution in [0, 0.1) is 6.92 Å². The van der Waals surface area contributed by atoms with Crippen LogP contribution in [0.15, 0.2) is 53.6 Å². The summed E-state index contributed by atoms with van der Waals surface area (Å²) in [5.74, 6) is -0.385. The molecule has 0 radical (unpaired) electrons. The molecule has 0 spiro atoms. The first-order valence-electron chi connectivity index (χ1n) is 9.65. The van der Waals surface area contributed by atoms with Gasteiger partial charge in [-0.25, -0.2) is 5.01 Å². The van der Waals surface area contributed by atoms with E-state index in [1.54, 1.807) is 0 Å². The van der Waals surface area contributed by atoms with E-state index in [2.05, 4.69) is 29.2 Å². The first-order valence-corrected chi connectivity index (χ1v) is 9.65. The molecule has 0 fully saturated rings. The van der Waals surface area contributed by atoms with Gasteiger partial charge in [-0.2, -0.15) is 5.10 Å². The second-order valence-electron chi connectivity index (χ2n) is 6.76. The summed E-state index contributed by atoms with van der Waals surface area (Å²) in [6.45, 7) is 8.07. The normalized spacial score (nSPS) is 13.9. The Morgan fingerprint density at radius 2 is 1.68 bits per heavy atom. The van der Waals surface area contributed by atoms with E-state index < -0.39 is 0 Å². The first-order chi connectivity index (χ1) is 13.5. The van der Waals surface area contributed by atoms with Crippen molar-refractivity contribution >= 4 is 34.6 Å². The third-order valence-electron chi connectivity index (χ3n) is 4.83. The fourth-order valence-electron chi connectivity index (χ4n) is 3.15. The van der Waals surface area contributed by atoms with E-state index in [0.717, 1.165) is 24.3 Å². The number of nitrogens with one attached hydrogen (secondary N) is 1. The van der Waals surface area contributed by atoms with Crippen LogP contribution in [-0.2, 0) is 9.59 Å². The molecule has 0 bridgehead atoms. The molecule has 1 heterocycles. The molecule has 1 N–H and O–H groups in total. The van der Waals surface area contributed by atoms with E-state index in [0.29, 0.717) is 23.5 Å².